The average Bonchev–Trinajstić information content (AvgIpc) is 2.57. The Hall–Kier alpha value is -2.31. The number of anilines is 1. The smallest absolute Gasteiger partial charge is 0.236 e. The number of hydrogen-bond acceptors (Lipinski definition) is 3. The van der Waals surface area contributed by atoms with Crippen molar-refractivity contribution >= 4 is 40.5 Å². The molecule has 3 N–H and O–H groups in total. The Balaban J connectivity index is 1.73. The number of aryl methyl sites for hydroxylation is 2. The van der Waals surface area contributed by atoms with Gasteiger partial charge in [-0.2, -0.15) is 0 Å². The van der Waals surface area contributed by atoms with E-state index >= 15 is 0 Å². The average molecular weight is 402 g/mol. The number of thiocarbonyl (C=S) groups is 1. The fourth-order valence-electron chi connectivity index (χ4n) is 3.88. The number of nitrogens with one attached hydrogen (secondary N) is 3. The maximum Gasteiger partial charge on any atom is 0.236 e. The molecule has 1 amide bonds. The molecule has 0 radical (unpaired) electrons. The Morgan fingerprint density at radius 1 is 1.26 bits per heavy atom. The minimum atomic E-state index is -0.962. The van der Waals surface area contributed by atoms with Crippen LogP contribution in [-0.4, -0.2) is 16.7 Å². The summed E-state index contributed by atoms with van der Waals surface area (Å²) in [7, 11) is 0. The summed E-state index contributed by atoms with van der Waals surface area (Å²) in [4.78, 5) is 13.3. The van der Waals surface area contributed by atoms with Crippen LogP contribution in [0, 0.1) is 19.8 Å². The number of carbonyl (C=O) groups is 1. The second-order valence-corrected chi connectivity index (χ2v) is 8.10. The van der Waals surface area contributed by atoms with Crippen molar-refractivity contribution in [3.05, 3.63) is 58.1 Å². The van der Waals surface area contributed by atoms with Gasteiger partial charge in [0.2, 0.25) is 5.91 Å². The van der Waals surface area contributed by atoms with Crippen molar-refractivity contribution in [2.75, 3.05) is 5.32 Å². The van der Waals surface area contributed by atoms with Gasteiger partial charge in [0.05, 0.1) is 6.04 Å². The lowest BCUT2D eigenvalue weighted by Gasteiger charge is -2.50. The lowest BCUT2D eigenvalue weighted by Crippen LogP contribution is -2.70. The molecular formula is C20H20ClN3O2S. The number of amides is 1. The van der Waals surface area contributed by atoms with E-state index in [1.807, 2.05) is 51.1 Å². The zero-order valence-corrected chi connectivity index (χ0v) is 16.8. The molecule has 0 unspecified atom stereocenters. The van der Waals surface area contributed by atoms with Crippen LogP contribution in [-0.2, 0) is 4.79 Å². The third kappa shape index (κ3) is 3.13. The van der Waals surface area contributed by atoms with Crippen LogP contribution in [0.1, 0.15) is 29.7 Å². The predicted molar refractivity (Wildman–Crippen MR) is 110 cm³/mol. The van der Waals surface area contributed by atoms with Crippen LogP contribution in [0.4, 0.5) is 5.69 Å². The molecule has 7 heteroatoms. The van der Waals surface area contributed by atoms with E-state index in [1.54, 1.807) is 6.07 Å². The zero-order chi connectivity index (χ0) is 19.3. The Kier molecular flexibility index (Phi) is 4.28. The van der Waals surface area contributed by atoms with E-state index in [9.17, 15) is 4.79 Å². The number of rotatable bonds is 2. The maximum atomic E-state index is 13.3. The van der Waals surface area contributed by atoms with Crippen molar-refractivity contribution in [3.63, 3.8) is 0 Å². The standard InChI is InChI=1S/C20H20ClN3O2S/c1-10-4-6-14(11(2)8-10)22-18(25)16-17-13-9-12(21)5-7-15(13)26-20(16,3)24-19(27)23-17/h4-9,16-17H,1-3H3,(H,22,25)(H2,23,24,27)/t16-,17+,20-/m0/s1. The Bertz CT molecular complexity index is 964. The number of fused-ring (bicyclic) bond motifs is 4. The first kappa shape index (κ1) is 18.1. The van der Waals surface area contributed by atoms with Crippen LogP contribution >= 0.6 is 23.8 Å². The van der Waals surface area contributed by atoms with Gasteiger partial charge in [0.15, 0.2) is 10.8 Å². The minimum absolute atomic E-state index is 0.150. The highest BCUT2D eigenvalue weighted by molar-refractivity contribution is 7.80. The molecule has 27 heavy (non-hydrogen) atoms. The van der Waals surface area contributed by atoms with Crippen LogP contribution in [0.3, 0.4) is 0 Å². The third-order valence-electron chi connectivity index (χ3n) is 5.13. The summed E-state index contributed by atoms with van der Waals surface area (Å²) in [5.74, 6) is -0.0107. The Morgan fingerprint density at radius 3 is 2.78 bits per heavy atom. The first-order valence-electron chi connectivity index (χ1n) is 8.72. The summed E-state index contributed by atoms with van der Waals surface area (Å²) in [5.41, 5.74) is 2.80. The van der Waals surface area contributed by atoms with E-state index < -0.39 is 11.6 Å². The van der Waals surface area contributed by atoms with Crippen molar-refractivity contribution in [2.24, 2.45) is 5.92 Å². The van der Waals surface area contributed by atoms with Gasteiger partial charge in [0.25, 0.3) is 0 Å². The lowest BCUT2D eigenvalue weighted by atomic mass is 9.80. The molecule has 0 spiro atoms. The predicted octanol–water partition coefficient (Wildman–Crippen LogP) is 3.84. The number of halogens is 1. The molecule has 2 heterocycles. The minimum Gasteiger partial charge on any atom is -0.467 e. The number of carbonyl (C=O) groups excluding carboxylic acids is 1. The summed E-state index contributed by atoms with van der Waals surface area (Å²) in [6, 6.07) is 11.0. The summed E-state index contributed by atoms with van der Waals surface area (Å²) in [6.45, 7) is 5.84. The molecule has 0 saturated carbocycles. The lowest BCUT2D eigenvalue weighted by molar-refractivity contribution is -0.132. The van der Waals surface area contributed by atoms with Crippen LogP contribution < -0.4 is 20.7 Å². The molecule has 2 aromatic carbocycles. The summed E-state index contributed by atoms with van der Waals surface area (Å²) in [6.07, 6.45) is 0. The molecule has 0 aliphatic carbocycles. The van der Waals surface area contributed by atoms with Crippen molar-refractivity contribution in [1.29, 1.82) is 0 Å². The van der Waals surface area contributed by atoms with Gasteiger partial charge in [-0.1, -0.05) is 29.3 Å². The van der Waals surface area contributed by atoms with Crippen LogP contribution in [0.15, 0.2) is 36.4 Å². The van der Waals surface area contributed by atoms with Gasteiger partial charge in [0, 0.05) is 16.3 Å². The Labute approximate surface area is 168 Å². The molecule has 2 aromatic rings. The zero-order valence-electron chi connectivity index (χ0n) is 15.2. The van der Waals surface area contributed by atoms with Crippen molar-refractivity contribution < 1.29 is 9.53 Å². The van der Waals surface area contributed by atoms with Gasteiger partial charge in [-0.25, -0.2) is 0 Å². The third-order valence-corrected chi connectivity index (χ3v) is 5.58. The van der Waals surface area contributed by atoms with E-state index in [-0.39, 0.29) is 11.9 Å². The van der Waals surface area contributed by atoms with E-state index in [2.05, 4.69) is 16.0 Å². The first-order valence-corrected chi connectivity index (χ1v) is 9.51. The summed E-state index contributed by atoms with van der Waals surface area (Å²) < 4.78 is 6.18. The molecular weight excluding hydrogens is 382 g/mol. The van der Waals surface area contributed by atoms with Gasteiger partial charge in [0.1, 0.15) is 11.7 Å². The first-order chi connectivity index (χ1) is 12.8. The number of benzene rings is 2. The SMILES string of the molecule is Cc1ccc(NC(=O)[C@@H]2[C@@H]3NC(=S)N[C@@]2(C)Oc2ccc(Cl)cc23)c(C)c1. The van der Waals surface area contributed by atoms with Gasteiger partial charge < -0.3 is 20.7 Å². The highest BCUT2D eigenvalue weighted by atomic mass is 35.5. The highest BCUT2D eigenvalue weighted by Gasteiger charge is 2.54. The molecule has 2 aliphatic heterocycles. The van der Waals surface area contributed by atoms with E-state index in [0.717, 1.165) is 22.4 Å². The van der Waals surface area contributed by atoms with Gasteiger partial charge >= 0.3 is 0 Å². The molecule has 2 bridgehead atoms. The largest absolute Gasteiger partial charge is 0.467 e. The topological polar surface area (TPSA) is 62.4 Å². The summed E-state index contributed by atoms with van der Waals surface area (Å²) >= 11 is 11.5. The van der Waals surface area contributed by atoms with Crippen LogP contribution in [0.2, 0.25) is 5.02 Å². The molecule has 0 aromatic heterocycles. The second-order valence-electron chi connectivity index (χ2n) is 7.25. The van der Waals surface area contributed by atoms with Gasteiger partial charge in [-0.15, -0.1) is 0 Å². The van der Waals surface area contributed by atoms with Crippen molar-refractivity contribution in [1.82, 2.24) is 10.6 Å². The fraction of sp³-hybridized carbons (Fsp3) is 0.300. The fourth-order valence-corrected chi connectivity index (χ4v) is 4.39. The van der Waals surface area contributed by atoms with Gasteiger partial charge in [-0.3, -0.25) is 4.79 Å². The van der Waals surface area contributed by atoms with E-state index in [0.29, 0.717) is 15.9 Å². The number of hydrogen-bond donors (Lipinski definition) is 3. The maximum absolute atomic E-state index is 13.3. The van der Waals surface area contributed by atoms with Crippen LogP contribution in [0.25, 0.3) is 0 Å². The van der Waals surface area contributed by atoms with E-state index in [4.69, 9.17) is 28.6 Å². The number of ether oxygens (including phenoxy) is 1. The quantitative estimate of drug-likeness (QED) is 0.667. The van der Waals surface area contributed by atoms with Gasteiger partial charge in [-0.05, 0) is 62.8 Å². The van der Waals surface area contributed by atoms with E-state index in [1.165, 1.54) is 0 Å². The van der Waals surface area contributed by atoms with Crippen molar-refractivity contribution in [3.8, 4) is 5.75 Å². The van der Waals surface area contributed by atoms with Crippen LogP contribution in [0.5, 0.6) is 5.75 Å². The molecule has 3 atom stereocenters. The monoisotopic (exact) mass is 401 g/mol. The summed E-state index contributed by atoms with van der Waals surface area (Å²) in [5, 5.41) is 10.4. The normalized spacial score (nSPS) is 25.6. The Morgan fingerprint density at radius 2 is 2.04 bits per heavy atom. The van der Waals surface area contributed by atoms with Crippen molar-refractivity contribution in [2.45, 2.75) is 32.5 Å². The molecule has 1 fully saturated rings. The molecule has 4 rings (SSSR count). The molecule has 2 aliphatic rings. The molecule has 140 valence electrons. The highest BCUT2D eigenvalue weighted by Crippen LogP contribution is 2.46. The molecule has 5 nitrogen and oxygen atoms in total. The second kappa shape index (κ2) is 6.39. The molecule has 1 saturated heterocycles.